The molecule has 3 aromatic rings. The Morgan fingerprint density at radius 3 is 2.42 bits per heavy atom. The van der Waals surface area contributed by atoms with Gasteiger partial charge in [0.25, 0.3) is 0 Å². The molecule has 1 aliphatic rings. The summed E-state index contributed by atoms with van der Waals surface area (Å²) in [5, 5.41) is 0. The Morgan fingerprint density at radius 1 is 0.818 bits per heavy atom. The molecule has 0 bridgehead atoms. The maximum atomic E-state index is 5.57. The molecule has 1 heterocycles. The lowest BCUT2D eigenvalue weighted by atomic mass is 10.1. The van der Waals surface area contributed by atoms with Crippen molar-refractivity contribution in [2.75, 3.05) is 34.1 Å². The van der Waals surface area contributed by atoms with Gasteiger partial charge in [-0.25, -0.2) is 0 Å². The van der Waals surface area contributed by atoms with E-state index in [0.717, 1.165) is 55.5 Å². The van der Waals surface area contributed by atoms with E-state index in [1.165, 1.54) is 16.7 Å². The number of ether oxygens (including phenoxy) is 4. The van der Waals surface area contributed by atoms with Crippen LogP contribution in [0.2, 0.25) is 0 Å². The third-order valence-corrected chi connectivity index (χ3v) is 5.73. The molecule has 0 atom stereocenters. The summed E-state index contributed by atoms with van der Waals surface area (Å²) in [5.74, 6) is 3.17. The van der Waals surface area contributed by atoms with Gasteiger partial charge in [0, 0.05) is 19.6 Å². The van der Waals surface area contributed by atoms with Crippen LogP contribution in [0.4, 0.5) is 0 Å². The molecule has 1 aliphatic heterocycles. The fourth-order valence-corrected chi connectivity index (χ4v) is 3.93. The van der Waals surface area contributed by atoms with Crippen molar-refractivity contribution >= 4 is 6.08 Å². The van der Waals surface area contributed by atoms with E-state index >= 15 is 0 Å². The van der Waals surface area contributed by atoms with Gasteiger partial charge >= 0.3 is 0 Å². The number of nitrogens with zero attached hydrogens (tertiary/aromatic N) is 1. The lowest BCUT2D eigenvalue weighted by Gasteiger charge is -2.22. The van der Waals surface area contributed by atoms with Gasteiger partial charge in [0.2, 0.25) is 6.79 Å². The standard InChI is InChI=1S/C28H31NO4/c1-30-25-13-11-23(18-27(25)31-2)15-17-29(16-7-6-10-22-8-4-3-5-9-22)20-24-12-14-26-28(19-24)33-21-32-26/h3-6,8-14,18-19H,7,15-17,20-21H2,1-2H3/b10-6-. The van der Waals surface area contributed by atoms with Gasteiger partial charge in [0.05, 0.1) is 14.2 Å². The maximum absolute atomic E-state index is 5.57. The Morgan fingerprint density at radius 2 is 1.61 bits per heavy atom. The number of hydrogen-bond donors (Lipinski definition) is 0. The second kappa shape index (κ2) is 11.4. The van der Waals surface area contributed by atoms with E-state index in [0.29, 0.717) is 6.79 Å². The molecule has 3 aromatic carbocycles. The van der Waals surface area contributed by atoms with E-state index in [1.54, 1.807) is 14.2 Å². The first-order valence-electron chi connectivity index (χ1n) is 11.3. The second-order valence-electron chi connectivity index (χ2n) is 8.00. The molecule has 172 valence electrons. The van der Waals surface area contributed by atoms with Crippen LogP contribution in [0.25, 0.3) is 6.08 Å². The summed E-state index contributed by atoms with van der Waals surface area (Å²) in [7, 11) is 3.33. The van der Waals surface area contributed by atoms with E-state index < -0.39 is 0 Å². The predicted molar refractivity (Wildman–Crippen MR) is 131 cm³/mol. The molecular formula is C28H31NO4. The summed E-state index contributed by atoms with van der Waals surface area (Å²) < 4.78 is 21.9. The summed E-state index contributed by atoms with van der Waals surface area (Å²) in [6.07, 6.45) is 6.34. The highest BCUT2D eigenvalue weighted by Crippen LogP contribution is 2.33. The Kier molecular flexibility index (Phi) is 7.88. The van der Waals surface area contributed by atoms with Gasteiger partial charge in [0.15, 0.2) is 23.0 Å². The smallest absolute Gasteiger partial charge is 0.231 e. The van der Waals surface area contributed by atoms with E-state index in [4.69, 9.17) is 18.9 Å². The highest BCUT2D eigenvalue weighted by Gasteiger charge is 2.15. The van der Waals surface area contributed by atoms with Crippen molar-refractivity contribution in [2.45, 2.75) is 19.4 Å². The summed E-state index contributed by atoms with van der Waals surface area (Å²) in [5.41, 5.74) is 3.67. The van der Waals surface area contributed by atoms with Gasteiger partial charge < -0.3 is 18.9 Å². The molecule has 4 rings (SSSR count). The monoisotopic (exact) mass is 445 g/mol. The zero-order chi connectivity index (χ0) is 22.9. The van der Waals surface area contributed by atoms with Crippen molar-refractivity contribution < 1.29 is 18.9 Å². The van der Waals surface area contributed by atoms with E-state index in [1.807, 2.05) is 18.2 Å². The van der Waals surface area contributed by atoms with Crippen LogP contribution in [0, 0.1) is 0 Å². The normalized spacial score (nSPS) is 12.5. The minimum Gasteiger partial charge on any atom is -0.493 e. The lowest BCUT2D eigenvalue weighted by Crippen LogP contribution is -2.26. The van der Waals surface area contributed by atoms with Crippen molar-refractivity contribution in [3.63, 3.8) is 0 Å². The van der Waals surface area contributed by atoms with Crippen molar-refractivity contribution in [1.29, 1.82) is 0 Å². The first-order chi connectivity index (χ1) is 16.2. The molecule has 5 nitrogen and oxygen atoms in total. The highest BCUT2D eigenvalue weighted by molar-refractivity contribution is 5.48. The van der Waals surface area contributed by atoms with E-state index in [2.05, 4.69) is 65.6 Å². The first-order valence-corrected chi connectivity index (χ1v) is 11.3. The minimum atomic E-state index is 0.298. The van der Waals surface area contributed by atoms with Crippen LogP contribution in [-0.2, 0) is 13.0 Å². The van der Waals surface area contributed by atoms with Crippen molar-refractivity contribution in [3.8, 4) is 23.0 Å². The van der Waals surface area contributed by atoms with Crippen LogP contribution < -0.4 is 18.9 Å². The van der Waals surface area contributed by atoms with Crippen molar-refractivity contribution in [1.82, 2.24) is 4.90 Å². The van der Waals surface area contributed by atoms with Gasteiger partial charge in [-0.2, -0.15) is 0 Å². The average molecular weight is 446 g/mol. The van der Waals surface area contributed by atoms with Crippen LogP contribution >= 0.6 is 0 Å². The zero-order valence-electron chi connectivity index (χ0n) is 19.3. The van der Waals surface area contributed by atoms with Gasteiger partial charge in [-0.15, -0.1) is 0 Å². The zero-order valence-corrected chi connectivity index (χ0v) is 19.3. The maximum Gasteiger partial charge on any atom is 0.231 e. The van der Waals surface area contributed by atoms with Gasteiger partial charge in [0.1, 0.15) is 0 Å². The molecule has 0 saturated carbocycles. The van der Waals surface area contributed by atoms with Gasteiger partial charge in [-0.1, -0.05) is 54.6 Å². The molecule has 0 N–H and O–H groups in total. The van der Waals surface area contributed by atoms with Gasteiger partial charge in [-0.05, 0) is 53.8 Å². The molecule has 0 radical (unpaired) electrons. The lowest BCUT2D eigenvalue weighted by molar-refractivity contribution is 0.174. The summed E-state index contributed by atoms with van der Waals surface area (Å²) in [4.78, 5) is 2.48. The summed E-state index contributed by atoms with van der Waals surface area (Å²) in [6.45, 7) is 3.04. The highest BCUT2D eigenvalue weighted by atomic mass is 16.7. The molecule has 0 aliphatic carbocycles. The molecule has 33 heavy (non-hydrogen) atoms. The third kappa shape index (κ3) is 6.30. The molecule has 0 spiro atoms. The molecule has 0 fully saturated rings. The largest absolute Gasteiger partial charge is 0.493 e. The van der Waals surface area contributed by atoms with Gasteiger partial charge in [-0.3, -0.25) is 4.90 Å². The van der Waals surface area contributed by atoms with E-state index in [9.17, 15) is 0 Å². The summed E-state index contributed by atoms with van der Waals surface area (Å²) >= 11 is 0. The van der Waals surface area contributed by atoms with Crippen LogP contribution in [0.1, 0.15) is 23.1 Å². The SMILES string of the molecule is COc1ccc(CCN(CC/C=C\c2ccccc2)Cc2ccc3c(c2)OCO3)cc1OC. The number of hydrogen-bond acceptors (Lipinski definition) is 5. The number of fused-ring (bicyclic) bond motifs is 1. The molecule has 0 amide bonds. The summed E-state index contributed by atoms with van der Waals surface area (Å²) in [6, 6.07) is 22.8. The van der Waals surface area contributed by atoms with Crippen molar-refractivity contribution in [3.05, 3.63) is 89.5 Å². The number of rotatable bonds is 11. The van der Waals surface area contributed by atoms with Crippen LogP contribution in [0.5, 0.6) is 23.0 Å². The number of benzene rings is 3. The Bertz CT molecular complexity index is 1060. The van der Waals surface area contributed by atoms with Crippen LogP contribution in [0.15, 0.2) is 72.8 Å². The Hall–Kier alpha value is -3.44. The number of methoxy groups -OCH3 is 2. The quantitative estimate of drug-likeness (QED) is 0.385. The van der Waals surface area contributed by atoms with Crippen LogP contribution in [-0.4, -0.2) is 39.0 Å². The third-order valence-electron chi connectivity index (χ3n) is 5.73. The second-order valence-corrected chi connectivity index (χ2v) is 8.00. The van der Waals surface area contributed by atoms with E-state index in [-0.39, 0.29) is 0 Å². The molecule has 0 aromatic heterocycles. The molecular weight excluding hydrogens is 414 g/mol. The predicted octanol–water partition coefficient (Wildman–Crippen LogP) is 5.58. The average Bonchev–Trinajstić information content (AvgIpc) is 3.33. The molecule has 0 unspecified atom stereocenters. The fraction of sp³-hybridized carbons (Fsp3) is 0.286. The Labute approximate surface area is 196 Å². The fourth-order valence-electron chi connectivity index (χ4n) is 3.93. The minimum absolute atomic E-state index is 0.298. The molecule has 5 heteroatoms. The first kappa shape index (κ1) is 22.7. The van der Waals surface area contributed by atoms with Crippen LogP contribution in [0.3, 0.4) is 0 Å². The Balaban J connectivity index is 1.41. The topological polar surface area (TPSA) is 40.2 Å². The molecule has 0 saturated heterocycles. The van der Waals surface area contributed by atoms with Crippen molar-refractivity contribution in [2.24, 2.45) is 0 Å².